The Kier molecular flexibility index (Phi) is 6.27. The molecule has 1 aliphatic rings. The molecule has 152 valence electrons. The summed E-state index contributed by atoms with van der Waals surface area (Å²) in [6.45, 7) is 11.6. The molecule has 1 unspecified atom stereocenters. The van der Waals surface area contributed by atoms with Crippen molar-refractivity contribution in [2.75, 3.05) is 31.6 Å². The van der Waals surface area contributed by atoms with Crippen LogP contribution in [0.3, 0.4) is 0 Å². The van der Waals surface area contributed by atoms with E-state index in [-0.39, 0.29) is 11.9 Å². The van der Waals surface area contributed by atoms with Gasteiger partial charge in [-0.2, -0.15) is 5.10 Å². The van der Waals surface area contributed by atoms with E-state index in [1.807, 2.05) is 34.7 Å². The Bertz CT molecular complexity index is 797. The van der Waals surface area contributed by atoms with Gasteiger partial charge in [0.05, 0.1) is 12.8 Å². The molecule has 1 atom stereocenters. The number of piperazine rings is 1. The number of benzene rings is 1. The van der Waals surface area contributed by atoms with Gasteiger partial charge >= 0.3 is 0 Å². The van der Waals surface area contributed by atoms with E-state index in [2.05, 4.69) is 42.9 Å². The van der Waals surface area contributed by atoms with Gasteiger partial charge in [0, 0.05) is 37.9 Å². The second kappa shape index (κ2) is 8.67. The Morgan fingerprint density at radius 2 is 1.96 bits per heavy atom. The summed E-state index contributed by atoms with van der Waals surface area (Å²) < 4.78 is 7.09. The Labute approximate surface area is 168 Å². The quantitative estimate of drug-likeness (QED) is 0.765. The second-order valence-electron chi connectivity index (χ2n) is 7.93. The number of aromatic nitrogens is 2. The normalized spacial score (nSPS) is 17.3. The molecule has 6 heteroatoms. The fraction of sp³-hybridized carbons (Fsp3) is 0.545. The smallest absolute Gasteiger partial charge is 0.272 e. The molecule has 1 amide bonds. The van der Waals surface area contributed by atoms with Gasteiger partial charge < -0.3 is 14.5 Å². The van der Waals surface area contributed by atoms with Gasteiger partial charge in [-0.1, -0.05) is 13.8 Å². The van der Waals surface area contributed by atoms with E-state index in [1.165, 1.54) is 0 Å². The lowest BCUT2D eigenvalue weighted by Crippen LogP contribution is -2.54. The van der Waals surface area contributed by atoms with Crippen molar-refractivity contribution in [3.05, 3.63) is 41.7 Å². The summed E-state index contributed by atoms with van der Waals surface area (Å²) in [6.07, 6.45) is 0.897. The number of ether oxygens (including phenoxy) is 1. The zero-order chi connectivity index (χ0) is 20.3. The van der Waals surface area contributed by atoms with Gasteiger partial charge in [0.15, 0.2) is 0 Å². The monoisotopic (exact) mass is 384 g/mol. The molecule has 1 saturated heterocycles. The van der Waals surface area contributed by atoms with Crippen LogP contribution in [-0.2, 0) is 13.0 Å². The third-order valence-electron chi connectivity index (χ3n) is 5.29. The van der Waals surface area contributed by atoms with Crippen molar-refractivity contribution >= 4 is 11.6 Å². The highest BCUT2D eigenvalue weighted by Gasteiger charge is 2.30. The van der Waals surface area contributed by atoms with Gasteiger partial charge in [-0.25, -0.2) is 0 Å². The van der Waals surface area contributed by atoms with Crippen LogP contribution in [-0.4, -0.2) is 53.4 Å². The average Bonchev–Trinajstić information content (AvgIpc) is 3.09. The Balaban J connectivity index is 1.71. The molecule has 0 radical (unpaired) electrons. The fourth-order valence-corrected chi connectivity index (χ4v) is 3.84. The minimum absolute atomic E-state index is 0.0891. The number of hydrogen-bond donors (Lipinski definition) is 0. The highest BCUT2D eigenvalue weighted by molar-refractivity contribution is 5.93. The van der Waals surface area contributed by atoms with Gasteiger partial charge in [0.1, 0.15) is 11.4 Å². The van der Waals surface area contributed by atoms with Gasteiger partial charge in [0.2, 0.25) is 0 Å². The van der Waals surface area contributed by atoms with Crippen LogP contribution in [0.5, 0.6) is 5.75 Å². The standard InChI is InChI=1S/C22H32N4O2/c1-6-26-21(14-18(23-26)13-16(2)3)22(27)25-12-11-24(15-17(25)4)19-7-9-20(28-5)10-8-19/h7-10,14,16-17H,6,11-13,15H2,1-5H3. The van der Waals surface area contributed by atoms with Crippen molar-refractivity contribution in [3.63, 3.8) is 0 Å². The predicted molar refractivity (Wildman–Crippen MR) is 112 cm³/mol. The summed E-state index contributed by atoms with van der Waals surface area (Å²) in [7, 11) is 1.68. The minimum Gasteiger partial charge on any atom is -0.497 e. The van der Waals surface area contributed by atoms with E-state index in [0.29, 0.717) is 24.7 Å². The summed E-state index contributed by atoms with van der Waals surface area (Å²) in [4.78, 5) is 17.6. The lowest BCUT2D eigenvalue weighted by atomic mass is 10.1. The number of methoxy groups -OCH3 is 1. The molecule has 1 fully saturated rings. The number of carbonyl (C=O) groups excluding carboxylic acids is 1. The highest BCUT2D eigenvalue weighted by Crippen LogP contribution is 2.23. The van der Waals surface area contributed by atoms with Gasteiger partial charge in [-0.05, 0) is 56.5 Å². The maximum absolute atomic E-state index is 13.2. The lowest BCUT2D eigenvalue weighted by Gasteiger charge is -2.41. The van der Waals surface area contributed by atoms with Crippen LogP contribution in [0.1, 0.15) is 43.9 Å². The van der Waals surface area contributed by atoms with E-state index in [0.717, 1.165) is 36.6 Å². The first-order valence-corrected chi connectivity index (χ1v) is 10.2. The summed E-state index contributed by atoms with van der Waals surface area (Å²) in [5.74, 6) is 1.47. The predicted octanol–water partition coefficient (Wildman–Crippen LogP) is 3.46. The number of rotatable bonds is 6. The summed E-state index contributed by atoms with van der Waals surface area (Å²) in [5.41, 5.74) is 2.88. The van der Waals surface area contributed by atoms with Crippen LogP contribution in [0, 0.1) is 5.92 Å². The molecule has 1 aromatic carbocycles. The Morgan fingerprint density at radius 1 is 1.25 bits per heavy atom. The minimum atomic E-state index is 0.0891. The maximum Gasteiger partial charge on any atom is 0.272 e. The van der Waals surface area contributed by atoms with Crippen molar-refractivity contribution < 1.29 is 9.53 Å². The Hall–Kier alpha value is -2.50. The molecule has 0 bridgehead atoms. The topological polar surface area (TPSA) is 50.6 Å². The third-order valence-corrected chi connectivity index (χ3v) is 5.29. The van der Waals surface area contributed by atoms with Crippen LogP contribution < -0.4 is 9.64 Å². The molecule has 0 spiro atoms. The summed E-state index contributed by atoms with van der Waals surface area (Å²) in [6, 6.07) is 10.2. The van der Waals surface area contributed by atoms with E-state index in [9.17, 15) is 4.79 Å². The summed E-state index contributed by atoms with van der Waals surface area (Å²) in [5, 5.41) is 4.64. The number of aryl methyl sites for hydroxylation is 1. The SMILES string of the molecule is CCn1nc(CC(C)C)cc1C(=O)N1CCN(c2ccc(OC)cc2)CC1C. The molecule has 28 heavy (non-hydrogen) atoms. The van der Waals surface area contributed by atoms with Gasteiger partial charge in [-0.3, -0.25) is 9.48 Å². The number of carbonyl (C=O) groups is 1. The zero-order valence-electron chi connectivity index (χ0n) is 17.7. The van der Waals surface area contributed by atoms with E-state index < -0.39 is 0 Å². The number of anilines is 1. The highest BCUT2D eigenvalue weighted by atomic mass is 16.5. The van der Waals surface area contributed by atoms with Crippen LogP contribution in [0.2, 0.25) is 0 Å². The van der Waals surface area contributed by atoms with E-state index in [1.54, 1.807) is 7.11 Å². The Morgan fingerprint density at radius 3 is 2.54 bits per heavy atom. The van der Waals surface area contributed by atoms with Crippen LogP contribution in [0.15, 0.2) is 30.3 Å². The molecule has 0 saturated carbocycles. The van der Waals surface area contributed by atoms with Crippen molar-refractivity contribution in [1.29, 1.82) is 0 Å². The molecule has 6 nitrogen and oxygen atoms in total. The molecule has 2 aromatic rings. The fourth-order valence-electron chi connectivity index (χ4n) is 3.84. The second-order valence-corrected chi connectivity index (χ2v) is 7.93. The molecular formula is C22H32N4O2. The maximum atomic E-state index is 13.2. The molecule has 1 aromatic heterocycles. The van der Waals surface area contributed by atoms with E-state index in [4.69, 9.17) is 4.74 Å². The van der Waals surface area contributed by atoms with Crippen LogP contribution in [0.4, 0.5) is 5.69 Å². The average molecular weight is 385 g/mol. The molecule has 1 aliphatic heterocycles. The largest absolute Gasteiger partial charge is 0.497 e. The number of hydrogen-bond acceptors (Lipinski definition) is 4. The third kappa shape index (κ3) is 4.32. The van der Waals surface area contributed by atoms with Gasteiger partial charge in [-0.15, -0.1) is 0 Å². The zero-order valence-corrected chi connectivity index (χ0v) is 17.7. The van der Waals surface area contributed by atoms with E-state index >= 15 is 0 Å². The molecule has 0 aliphatic carbocycles. The first kappa shape index (κ1) is 20.2. The molecule has 2 heterocycles. The molecule has 3 rings (SSSR count). The van der Waals surface area contributed by atoms with Crippen molar-refractivity contribution in [2.24, 2.45) is 5.92 Å². The first-order valence-electron chi connectivity index (χ1n) is 10.2. The summed E-state index contributed by atoms with van der Waals surface area (Å²) >= 11 is 0. The first-order chi connectivity index (χ1) is 13.4. The van der Waals surface area contributed by atoms with Crippen LogP contribution in [0.25, 0.3) is 0 Å². The van der Waals surface area contributed by atoms with Crippen molar-refractivity contribution in [1.82, 2.24) is 14.7 Å². The number of nitrogens with zero attached hydrogens (tertiary/aromatic N) is 4. The van der Waals surface area contributed by atoms with Crippen molar-refractivity contribution in [2.45, 2.75) is 46.7 Å². The lowest BCUT2D eigenvalue weighted by molar-refractivity contribution is 0.0661. The van der Waals surface area contributed by atoms with Crippen LogP contribution >= 0.6 is 0 Å². The molecular weight excluding hydrogens is 352 g/mol. The van der Waals surface area contributed by atoms with Crippen molar-refractivity contribution in [3.8, 4) is 5.75 Å². The number of amides is 1. The molecule has 0 N–H and O–H groups in total. The van der Waals surface area contributed by atoms with Gasteiger partial charge in [0.25, 0.3) is 5.91 Å².